The molecule has 1 fully saturated rings. The van der Waals surface area contributed by atoms with E-state index in [-0.39, 0.29) is 12.3 Å². The monoisotopic (exact) mass is 576 g/mol. The average molecular weight is 577 g/mol. The van der Waals surface area contributed by atoms with Crippen molar-refractivity contribution in [2.75, 3.05) is 6.61 Å². The van der Waals surface area contributed by atoms with Gasteiger partial charge in [-0.25, -0.2) is 5.84 Å². The van der Waals surface area contributed by atoms with E-state index in [1.807, 2.05) is 0 Å². The first-order valence-electron chi connectivity index (χ1n) is 10.5. The van der Waals surface area contributed by atoms with Crippen LogP contribution in [0.4, 0.5) is 0 Å². The third-order valence-electron chi connectivity index (χ3n) is 4.73. The Balaban J connectivity index is 2.57. The van der Waals surface area contributed by atoms with Crippen LogP contribution in [0, 0.1) is 0 Å². The number of ether oxygens (including phenoxy) is 4. The lowest BCUT2D eigenvalue weighted by Gasteiger charge is -2.47. The molecule has 1 aliphatic rings. The number of carbonyl (C=O) groups is 3. The normalized spacial score (nSPS) is 25.3. The van der Waals surface area contributed by atoms with E-state index in [2.05, 4.69) is 20.9 Å². The van der Waals surface area contributed by atoms with Crippen molar-refractivity contribution in [3.05, 3.63) is 34.8 Å². The second kappa shape index (κ2) is 13.1. The van der Waals surface area contributed by atoms with E-state index in [0.717, 1.165) is 5.01 Å². The van der Waals surface area contributed by atoms with E-state index in [1.165, 1.54) is 45.7 Å². The van der Waals surface area contributed by atoms with Crippen molar-refractivity contribution < 1.29 is 38.4 Å². The van der Waals surface area contributed by atoms with E-state index >= 15 is 0 Å². The lowest BCUT2D eigenvalue weighted by atomic mass is 9.96. The minimum atomic E-state index is -1.14. The van der Waals surface area contributed by atoms with Gasteiger partial charge in [0.25, 0.3) is 0 Å². The molecule has 0 spiro atoms. The molecule has 14 heteroatoms. The van der Waals surface area contributed by atoms with Crippen molar-refractivity contribution >= 4 is 45.6 Å². The molecule has 0 saturated carbocycles. The predicted octanol–water partition coefficient (Wildman–Crippen LogP) is 0.813. The zero-order valence-electron chi connectivity index (χ0n) is 19.6. The number of aromatic nitrogens is 1. The molecule has 0 aromatic carbocycles. The number of hydrazine groups is 1. The van der Waals surface area contributed by atoms with Gasteiger partial charge in [-0.05, 0) is 28.9 Å². The number of hydrogen-bond donors (Lipinski definition) is 3. The number of esters is 3. The fourth-order valence-electron chi connectivity index (χ4n) is 3.27. The highest BCUT2D eigenvalue weighted by molar-refractivity contribution is 9.10. The Morgan fingerprint density at radius 3 is 2.40 bits per heavy atom. The van der Waals surface area contributed by atoms with Gasteiger partial charge in [-0.2, -0.15) is 0 Å². The molecule has 194 valence electrons. The zero-order valence-corrected chi connectivity index (χ0v) is 22.0. The van der Waals surface area contributed by atoms with Gasteiger partial charge in [0.2, 0.25) is 0 Å². The second-order valence-corrected chi connectivity index (χ2v) is 9.78. The molecule has 1 saturated heterocycles. The van der Waals surface area contributed by atoms with Gasteiger partial charge in [-0.1, -0.05) is 11.8 Å². The molecule has 1 aromatic rings. The highest BCUT2D eigenvalue weighted by Crippen LogP contribution is 2.38. The van der Waals surface area contributed by atoms with Gasteiger partial charge in [0.1, 0.15) is 24.2 Å². The summed E-state index contributed by atoms with van der Waals surface area (Å²) < 4.78 is 23.1. The van der Waals surface area contributed by atoms with Crippen LogP contribution < -0.4 is 11.6 Å². The number of hydrogen-bond acceptors (Lipinski definition) is 13. The van der Waals surface area contributed by atoms with E-state index in [4.69, 9.17) is 30.5 Å². The Bertz CT molecular complexity index is 950. The van der Waals surface area contributed by atoms with Crippen LogP contribution in [0.15, 0.2) is 39.7 Å². The maximum atomic E-state index is 12.1. The van der Waals surface area contributed by atoms with Gasteiger partial charge < -0.3 is 34.8 Å². The quantitative estimate of drug-likeness (QED) is 0.163. The molecule has 2 rings (SSSR count). The van der Waals surface area contributed by atoms with Crippen LogP contribution in [-0.2, 0) is 33.3 Å². The van der Waals surface area contributed by atoms with Gasteiger partial charge in [0, 0.05) is 48.7 Å². The molecular formula is C21H29BrN4O8S. The Hall–Kier alpha value is -2.39. The summed E-state index contributed by atoms with van der Waals surface area (Å²) in [6.45, 7) is 4.80. The number of thioether (sulfide) groups is 1. The lowest BCUT2D eigenvalue weighted by Crippen LogP contribution is -2.66. The molecule has 1 aliphatic heterocycles. The minimum Gasteiger partial charge on any atom is -0.463 e. The van der Waals surface area contributed by atoms with Crippen molar-refractivity contribution in [2.45, 2.75) is 68.5 Å². The predicted molar refractivity (Wildman–Crippen MR) is 128 cm³/mol. The van der Waals surface area contributed by atoms with Crippen LogP contribution in [0.5, 0.6) is 0 Å². The van der Waals surface area contributed by atoms with Gasteiger partial charge in [-0.3, -0.25) is 19.4 Å². The maximum Gasteiger partial charge on any atom is 0.303 e. The Labute approximate surface area is 215 Å². The Kier molecular flexibility index (Phi) is 10.8. The molecule has 35 heavy (non-hydrogen) atoms. The fraction of sp³-hybridized carbons (Fsp3) is 0.524. The SMILES string of the molecule is CC(=O)OCC1OC(Sc2cncc(Br)c2)C(OC(C)=O)C(N(N)/C=C(\N)C(C)O)C1OC(C)=O. The summed E-state index contributed by atoms with van der Waals surface area (Å²) in [5.74, 6) is 4.43. The minimum absolute atomic E-state index is 0.0130. The maximum absolute atomic E-state index is 12.1. The van der Waals surface area contributed by atoms with Crippen molar-refractivity contribution in [3.8, 4) is 0 Å². The van der Waals surface area contributed by atoms with Gasteiger partial charge in [0.05, 0.1) is 11.8 Å². The first-order valence-corrected chi connectivity index (χ1v) is 12.1. The standard InChI is InChI=1S/C21H29BrN4O8S/c1-10(27)16(23)8-26(24)18-19(32-12(3)29)17(9-31-11(2)28)34-21(20(18)33-13(4)30)35-15-5-14(22)6-25-7-15/h5-8,10,17-21,27H,9,23-24H2,1-4H3/b16-8-. The second-order valence-electron chi connectivity index (χ2n) is 7.69. The topological polar surface area (TPSA) is 177 Å². The largest absolute Gasteiger partial charge is 0.463 e. The van der Waals surface area contributed by atoms with Crippen molar-refractivity contribution in [1.82, 2.24) is 9.99 Å². The van der Waals surface area contributed by atoms with E-state index in [0.29, 0.717) is 9.37 Å². The summed E-state index contributed by atoms with van der Waals surface area (Å²) in [4.78, 5) is 40.3. The number of pyridine rings is 1. The number of aliphatic hydroxyl groups excluding tert-OH is 1. The fourth-order valence-corrected chi connectivity index (χ4v) is 4.92. The lowest BCUT2D eigenvalue weighted by molar-refractivity contribution is -0.215. The van der Waals surface area contributed by atoms with Crippen LogP contribution in [0.3, 0.4) is 0 Å². The van der Waals surface area contributed by atoms with Crippen LogP contribution in [-0.4, -0.2) is 75.5 Å². The molecular weight excluding hydrogens is 548 g/mol. The van der Waals surface area contributed by atoms with Crippen LogP contribution in [0.25, 0.3) is 0 Å². The molecule has 12 nitrogen and oxygen atoms in total. The molecule has 0 amide bonds. The summed E-state index contributed by atoms with van der Waals surface area (Å²) in [5.41, 5.74) is 5.00. The number of rotatable bonds is 9. The molecule has 6 unspecified atom stereocenters. The molecule has 0 radical (unpaired) electrons. The third-order valence-corrected chi connectivity index (χ3v) is 6.27. The van der Waals surface area contributed by atoms with Gasteiger partial charge >= 0.3 is 17.9 Å². The van der Waals surface area contributed by atoms with E-state index < -0.39 is 53.8 Å². The van der Waals surface area contributed by atoms with Crippen molar-refractivity contribution in [1.29, 1.82) is 0 Å². The number of carbonyl (C=O) groups excluding carboxylic acids is 3. The summed E-state index contributed by atoms with van der Waals surface area (Å²) in [5, 5.41) is 10.9. The smallest absolute Gasteiger partial charge is 0.303 e. The summed E-state index contributed by atoms with van der Waals surface area (Å²) in [6, 6.07) is 0.748. The van der Waals surface area contributed by atoms with Crippen LogP contribution in [0.1, 0.15) is 27.7 Å². The summed E-state index contributed by atoms with van der Waals surface area (Å²) >= 11 is 4.53. The highest BCUT2D eigenvalue weighted by Gasteiger charge is 2.52. The molecule has 1 aromatic heterocycles. The van der Waals surface area contributed by atoms with E-state index in [1.54, 1.807) is 18.5 Å². The van der Waals surface area contributed by atoms with E-state index in [9.17, 15) is 19.5 Å². The summed E-state index contributed by atoms with van der Waals surface area (Å²) in [6.07, 6.45) is 0.194. The highest BCUT2D eigenvalue weighted by atomic mass is 79.9. The van der Waals surface area contributed by atoms with Crippen molar-refractivity contribution in [2.24, 2.45) is 11.6 Å². The Morgan fingerprint density at radius 2 is 1.86 bits per heavy atom. The number of nitrogens with zero attached hydrogens (tertiary/aromatic N) is 2. The zero-order chi connectivity index (χ0) is 26.3. The number of aliphatic hydroxyl groups is 1. The average Bonchev–Trinajstić information content (AvgIpc) is 2.73. The molecule has 6 atom stereocenters. The Morgan fingerprint density at radius 1 is 1.23 bits per heavy atom. The first-order chi connectivity index (χ1) is 16.4. The number of halogens is 1. The molecule has 5 N–H and O–H groups in total. The van der Waals surface area contributed by atoms with Gasteiger partial charge in [0.15, 0.2) is 12.2 Å². The van der Waals surface area contributed by atoms with Gasteiger partial charge in [-0.15, -0.1) is 0 Å². The van der Waals surface area contributed by atoms with Crippen LogP contribution in [0.2, 0.25) is 0 Å². The molecule has 2 heterocycles. The third kappa shape index (κ3) is 8.65. The summed E-state index contributed by atoms with van der Waals surface area (Å²) in [7, 11) is 0. The first kappa shape index (κ1) is 28.8. The number of nitrogens with two attached hydrogens (primary N) is 2. The molecule has 0 aliphatic carbocycles. The molecule has 0 bridgehead atoms. The van der Waals surface area contributed by atoms with Crippen molar-refractivity contribution in [3.63, 3.8) is 0 Å². The van der Waals surface area contributed by atoms with Crippen LogP contribution >= 0.6 is 27.7 Å².